The Morgan fingerprint density at radius 1 is 1.14 bits per heavy atom. The molecule has 3 amide bonds. The Bertz CT molecular complexity index is 1400. The first kappa shape index (κ1) is 32.9. The van der Waals surface area contributed by atoms with Crippen LogP contribution in [0.5, 0.6) is 5.75 Å². The fourth-order valence-electron chi connectivity index (χ4n) is 6.17. The normalized spacial score (nSPS) is 24.5. The van der Waals surface area contributed by atoms with E-state index in [2.05, 4.69) is 9.82 Å². The van der Waals surface area contributed by atoms with Gasteiger partial charge in [0.25, 0.3) is 5.91 Å². The summed E-state index contributed by atoms with van der Waals surface area (Å²) in [4.78, 5) is 60.9. The van der Waals surface area contributed by atoms with E-state index in [1.54, 1.807) is 36.7 Å². The number of aryl methyl sites for hydroxylation is 2. The summed E-state index contributed by atoms with van der Waals surface area (Å²) in [6.45, 7) is 6.47. The number of piperidine rings is 1. The third-order valence-electron chi connectivity index (χ3n) is 8.57. The van der Waals surface area contributed by atoms with E-state index in [4.69, 9.17) is 4.74 Å². The quantitative estimate of drug-likeness (QED) is 0.273. The summed E-state index contributed by atoms with van der Waals surface area (Å²) in [5, 5.41) is 9.52. The Balaban J connectivity index is 1.47. The molecule has 4 rings (SSSR count). The lowest BCUT2D eigenvalue weighted by Crippen LogP contribution is -2.61. The number of quaternary nitrogens is 1. The maximum atomic E-state index is 13.9. The van der Waals surface area contributed by atoms with Gasteiger partial charge in [-0.2, -0.15) is 13.2 Å². The van der Waals surface area contributed by atoms with E-state index < -0.39 is 46.0 Å². The van der Waals surface area contributed by atoms with Crippen molar-refractivity contribution in [3.8, 4) is 5.75 Å². The minimum Gasteiger partial charge on any atom is -0.489 e. The number of ether oxygens (including phenoxy) is 1. The third-order valence-corrected chi connectivity index (χ3v) is 8.57. The van der Waals surface area contributed by atoms with Crippen molar-refractivity contribution in [2.75, 3.05) is 19.6 Å². The van der Waals surface area contributed by atoms with Gasteiger partial charge in [-0.3, -0.25) is 24.6 Å². The molecule has 2 fully saturated rings. The summed E-state index contributed by atoms with van der Waals surface area (Å²) in [6.07, 6.45) is -4.97. The van der Waals surface area contributed by atoms with Crippen molar-refractivity contribution in [2.24, 2.45) is 5.92 Å². The molecule has 0 radical (unpaired) electrons. The topological polar surface area (TPSA) is 135 Å². The molecule has 14 heteroatoms. The predicted octanol–water partition coefficient (Wildman–Crippen LogP) is 3.44. The number of likely N-dealkylation sites (tertiary alicyclic amines) is 2. The second-order valence-corrected chi connectivity index (χ2v) is 11.6. The maximum Gasteiger partial charge on any atom is 0.497 e. The molecule has 1 aromatic heterocycles. The summed E-state index contributed by atoms with van der Waals surface area (Å²) in [5.74, 6) is -4.52. The number of nitrogens with one attached hydrogen (secondary N) is 1. The minimum atomic E-state index is -5.29. The number of amides is 3. The second-order valence-electron chi connectivity index (χ2n) is 11.6. The lowest BCUT2D eigenvalue weighted by atomic mass is 9.80. The van der Waals surface area contributed by atoms with Crippen LogP contribution in [0.15, 0.2) is 36.4 Å². The Hall–Kier alpha value is -4.04. The third kappa shape index (κ3) is 6.70. The highest BCUT2D eigenvalue weighted by atomic mass is 19.4. The van der Waals surface area contributed by atoms with Crippen LogP contribution in [0.1, 0.15) is 55.6 Å². The zero-order valence-corrected chi connectivity index (χ0v) is 24.9. The van der Waals surface area contributed by atoms with E-state index in [-0.39, 0.29) is 38.4 Å². The zero-order valence-electron chi connectivity index (χ0n) is 24.9. The smallest absolute Gasteiger partial charge is 0.489 e. The van der Waals surface area contributed by atoms with Crippen molar-refractivity contribution in [2.45, 2.75) is 71.2 Å². The zero-order chi connectivity index (χ0) is 32.4. The number of hydrogen-bond donors (Lipinski definition) is 2. The standard InChI is InChI=1S/C30H35F3N4O7/c1-18-15-21(16-19(2)34-18)17-43-24-7-5-23(6-8-24)29(4)11-12-36(27(29)40)25(26(39)35-42)22-9-13-37(14-10-22,20(3)38)44-28(41)30(31,32)33/h5-8,15-16,22,25H,9-14,17H2,1-4H3,(H-,35,39,42)/p+1. The Morgan fingerprint density at radius 3 is 2.25 bits per heavy atom. The number of aromatic nitrogens is 1. The van der Waals surface area contributed by atoms with Crippen LogP contribution >= 0.6 is 0 Å². The van der Waals surface area contributed by atoms with Gasteiger partial charge in [-0.25, -0.2) is 15.1 Å². The first-order valence-corrected chi connectivity index (χ1v) is 14.2. The molecule has 0 saturated carbocycles. The molecule has 0 aliphatic carbocycles. The lowest BCUT2D eigenvalue weighted by molar-refractivity contribution is -1.03. The largest absolute Gasteiger partial charge is 0.497 e. The number of hydrogen-bond acceptors (Lipinski definition) is 8. The Kier molecular flexibility index (Phi) is 9.35. The summed E-state index contributed by atoms with van der Waals surface area (Å²) < 4.78 is 43.4. The number of hydroxylamine groups is 4. The molecule has 2 aliphatic rings. The highest BCUT2D eigenvalue weighted by Crippen LogP contribution is 2.40. The maximum absolute atomic E-state index is 13.9. The Labute approximate surface area is 252 Å². The fourth-order valence-corrected chi connectivity index (χ4v) is 6.17. The van der Waals surface area contributed by atoms with Crippen LogP contribution in [0.25, 0.3) is 0 Å². The predicted molar refractivity (Wildman–Crippen MR) is 147 cm³/mol. The van der Waals surface area contributed by atoms with Crippen LogP contribution < -0.4 is 10.2 Å². The van der Waals surface area contributed by atoms with Crippen LogP contribution in [-0.2, 0) is 36.0 Å². The summed E-state index contributed by atoms with van der Waals surface area (Å²) in [7, 11) is 0. The number of rotatable bonds is 7. The molecule has 3 heterocycles. The van der Waals surface area contributed by atoms with E-state index in [1.807, 2.05) is 26.0 Å². The van der Waals surface area contributed by atoms with E-state index >= 15 is 0 Å². The molecule has 0 spiro atoms. The first-order chi connectivity index (χ1) is 20.6. The molecular weight excluding hydrogens is 585 g/mol. The average molecular weight is 622 g/mol. The second kappa shape index (κ2) is 12.5. The fraction of sp³-hybridized carbons (Fsp3) is 0.500. The molecule has 2 N–H and O–H groups in total. The van der Waals surface area contributed by atoms with Gasteiger partial charge in [-0.05, 0) is 68.5 Å². The van der Waals surface area contributed by atoms with Crippen molar-refractivity contribution >= 4 is 23.7 Å². The van der Waals surface area contributed by atoms with Gasteiger partial charge in [-0.1, -0.05) is 16.8 Å². The van der Waals surface area contributed by atoms with E-state index in [9.17, 15) is 37.6 Å². The highest BCUT2D eigenvalue weighted by molar-refractivity contribution is 5.94. The molecule has 2 aromatic rings. The number of halogens is 3. The monoisotopic (exact) mass is 621 g/mol. The van der Waals surface area contributed by atoms with Gasteiger partial charge in [0.2, 0.25) is 5.91 Å². The number of carbonyl (C=O) groups is 4. The average Bonchev–Trinajstić information content (AvgIpc) is 3.26. The SMILES string of the molecule is CC(=O)[N+]1(OC(=O)C(F)(F)F)CCC(C(C(=O)NO)N2CCC(C)(c3ccc(OCc4cc(C)nc(C)c4)cc3)C2=O)CC1. The molecule has 44 heavy (non-hydrogen) atoms. The molecular formula is C30H36F3N4O7+. The summed E-state index contributed by atoms with van der Waals surface area (Å²) in [6, 6.07) is 9.82. The molecule has 2 unspecified atom stereocenters. The first-order valence-electron chi connectivity index (χ1n) is 14.2. The van der Waals surface area contributed by atoms with Crippen molar-refractivity contribution in [1.29, 1.82) is 0 Å². The van der Waals surface area contributed by atoms with Crippen molar-refractivity contribution in [1.82, 2.24) is 15.4 Å². The number of pyridine rings is 1. The minimum absolute atomic E-state index is 0.0220. The van der Waals surface area contributed by atoms with Gasteiger partial charge in [0, 0.05) is 30.8 Å². The van der Waals surface area contributed by atoms with Crippen LogP contribution in [0, 0.1) is 19.8 Å². The molecule has 1 aromatic carbocycles. The number of benzene rings is 1. The highest BCUT2D eigenvalue weighted by Gasteiger charge is 2.55. The van der Waals surface area contributed by atoms with Crippen molar-refractivity contribution in [3.63, 3.8) is 0 Å². The number of alkyl halides is 3. The van der Waals surface area contributed by atoms with Crippen LogP contribution in [0.2, 0.25) is 0 Å². The van der Waals surface area contributed by atoms with E-state index in [0.29, 0.717) is 24.3 Å². The van der Waals surface area contributed by atoms with Crippen LogP contribution in [-0.4, -0.2) is 75.3 Å². The molecule has 2 saturated heterocycles. The molecule has 0 bridgehead atoms. The summed E-state index contributed by atoms with van der Waals surface area (Å²) in [5.41, 5.74) is 4.06. The molecule has 2 atom stereocenters. The van der Waals surface area contributed by atoms with E-state index in [1.165, 1.54) is 4.90 Å². The van der Waals surface area contributed by atoms with Crippen LogP contribution in [0.3, 0.4) is 0 Å². The van der Waals surface area contributed by atoms with Gasteiger partial charge >= 0.3 is 18.1 Å². The lowest BCUT2D eigenvalue weighted by Gasteiger charge is -2.41. The van der Waals surface area contributed by atoms with Crippen molar-refractivity contribution < 1.29 is 51.8 Å². The summed E-state index contributed by atoms with van der Waals surface area (Å²) >= 11 is 0. The number of nitrogens with zero attached hydrogens (tertiary/aromatic N) is 3. The van der Waals surface area contributed by atoms with Gasteiger partial charge < -0.3 is 9.64 Å². The van der Waals surface area contributed by atoms with Gasteiger partial charge in [0.05, 0.1) is 12.3 Å². The molecule has 2 aliphatic heterocycles. The number of carbonyl (C=O) groups excluding carboxylic acids is 4. The van der Waals surface area contributed by atoms with Gasteiger partial charge in [0.1, 0.15) is 31.5 Å². The molecule has 11 nitrogen and oxygen atoms in total. The molecule has 238 valence electrons. The van der Waals surface area contributed by atoms with Gasteiger partial charge in [0.15, 0.2) is 0 Å². The van der Waals surface area contributed by atoms with Gasteiger partial charge in [-0.15, -0.1) is 0 Å². The van der Waals surface area contributed by atoms with Crippen molar-refractivity contribution in [3.05, 3.63) is 58.9 Å². The van der Waals surface area contributed by atoms with Crippen LogP contribution in [0.4, 0.5) is 13.2 Å². The van der Waals surface area contributed by atoms with E-state index in [0.717, 1.165) is 23.9 Å². The Morgan fingerprint density at radius 2 is 1.73 bits per heavy atom.